The first-order valence-corrected chi connectivity index (χ1v) is 9.76. The monoisotopic (exact) mass is 543 g/mol. The van der Waals surface area contributed by atoms with Gasteiger partial charge in [0.15, 0.2) is 12.3 Å². The number of carbonyl (C=O) groups is 1. The minimum atomic E-state index is -0.567. The first kappa shape index (κ1) is 19.1. The van der Waals surface area contributed by atoms with E-state index in [1.54, 1.807) is 12.1 Å². The summed E-state index contributed by atoms with van der Waals surface area (Å²) in [5.74, 6) is -0.152. The number of rotatable bonds is 4. The second-order valence-electron chi connectivity index (χ2n) is 5.43. The summed E-state index contributed by atoms with van der Waals surface area (Å²) < 4.78 is 8.00. The highest BCUT2D eigenvalue weighted by molar-refractivity contribution is 9.11. The van der Waals surface area contributed by atoms with E-state index in [9.17, 15) is 9.90 Å². The summed E-state index contributed by atoms with van der Waals surface area (Å²) >= 11 is 10.2. The van der Waals surface area contributed by atoms with Crippen molar-refractivity contribution in [3.05, 3.63) is 49.3 Å². The number of nitrogens with zero attached hydrogens (tertiary/aromatic N) is 2. The molecule has 3 aromatic rings. The van der Waals surface area contributed by atoms with Crippen LogP contribution in [0.5, 0.6) is 11.6 Å². The molecule has 6 nitrogen and oxygen atoms in total. The van der Waals surface area contributed by atoms with Crippen LogP contribution < -0.4 is 4.74 Å². The third kappa shape index (κ3) is 4.16. The molecule has 0 fully saturated rings. The van der Waals surface area contributed by atoms with Crippen LogP contribution >= 0.6 is 47.8 Å². The molecule has 1 amide bonds. The van der Waals surface area contributed by atoms with Gasteiger partial charge in [-0.05, 0) is 58.7 Å². The molecule has 0 atom stereocenters. The number of benzene rings is 2. The zero-order chi connectivity index (χ0) is 18.8. The maximum absolute atomic E-state index is 12.0. The molecule has 0 aliphatic carbocycles. The van der Waals surface area contributed by atoms with Crippen molar-refractivity contribution in [2.45, 2.75) is 6.92 Å². The van der Waals surface area contributed by atoms with Gasteiger partial charge in [-0.2, -0.15) is 0 Å². The third-order valence-corrected chi connectivity index (χ3v) is 5.05. The smallest absolute Gasteiger partial charge is 0.302 e. The Labute approximate surface area is 174 Å². The van der Waals surface area contributed by atoms with Gasteiger partial charge >= 0.3 is 5.91 Å². The van der Waals surface area contributed by atoms with E-state index in [0.717, 1.165) is 19.0 Å². The lowest BCUT2D eigenvalue weighted by molar-refractivity contribution is -0.120. The summed E-state index contributed by atoms with van der Waals surface area (Å²) in [5, 5.41) is 18.1. The predicted octanol–water partition coefficient (Wildman–Crippen LogP) is 6.16. The van der Waals surface area contributed by atoms with Crippen molar-refractivity contribution >= 4 is 70.3 Å². The number of aryl methyl sites for hydroxylation is 1. The molecule has 1 aromatic heterocycles. The molecule has 2 N–H and O–H groups in total. The minimum absolute atomic E-state index is 0.151. The molecule has 2 aromatic carbocycles. The fourth-order valence-electron chi connectivity index (χ4n) is 2.38. The first-order valence-electron chi connectivity index (χ1n) is 7.38. The van der Waals surface area contributed by atoms with Crippen LogP contribution in [0.2, 0.25) is 0 Å². The Morgan fingerprint density at radius 1 is 1.19 bits per heavy atom. The molecule has 0 saturated carbocycles. The molecule has 1 heterocycles. The molecule has 0 saturated heterocycles. The zero-order valence-electron chi connectivity index (χ0n) is 13.4. The second-order valence-corrected chi connectivity index (χ2v) is 8.11. The second kappa shape index (κ2) is 7.89. The minimum Gasteiger partial charge on any atom is -0.493 e. The summed E-state index contributed by atoms with van der Waals surface area (Å²) in [6, 6.07) is 9.11. The Bertz CT molecular complexity index is 1010. The number of carbonyl (C=O) groups excluding carboxylic acids is 1. The molecule has 0 aliphatic rings. The zero-order valence-corrected chi connectivity index (χ0v) is 18.1. The van der Waals surface area contributed by atoms with Crippen molar-refractivity contribution in [3.63, 3.8) is 0 Å². The highest BCUT2D eigenvalue weighted by Gasteiger charge is 2.13. The topological polar surface area (TPSA) is 87.0 Å². The molecule has 26 heavy (non-hydrogen) atoms. The quantitative estimate of drug-likeness (QED) is 0.385. The van der Waals surface area contributed by atoms with E-state index in [1.165, 1.54) is 0 Å². The summed E-state index contributed by atoms with van der Waals surface area (Å²) in [7, 11) is 0. The number of hydrogen-bond acceptors (Lipinski definition) is 4. The van der Waals surface area contributed by atoms with Crippen LogP contribution in [0, 0.1) is 6.92 Å². The van der Waals surface area contributed by atoms with E-state index < -0.39 is 5.91 Å². The molecule has 0 unspecified atom stereocenters. The van der Waals surface area contributed by atoms with Gasteiger partial charge in [0.2, 0.25) is 5.88 Å². The van der Waals surface area contributed by atoms with Gasteiger partial charge in [-0.1, -0.05) is 31.9 Å². The van der Waals surface area contributed by atoms with Crippen molar-refractivity contribution in [2.24, 2.45) is 10.2 Å². The van der Waals surface area contributed by atoms with E-state index in [2.05, 4.69) is 63.0 Å². The van der Waals surface area contributed by atoms with Gasteiger partial charge in [0.1, 0.15) is 5.75 Å². The molecule has 9 heteroatoms. The number of azo groups is 1. The van der Waals surface area contributed by atoms with Gasteiger partial charge in [0.05, 0.1) is 9.99 Å². The van der Waals surface area contributed by atoms with Crippen molar-refractivity contribution in [2.75, 3.05) is 6.61 Å². The molecular formula is C17H12Br3N3O3. The van der Waals surface area contributed by atoms with Crippen molar-refractivity contribution in [3.8, 4) is 11.6 Å². The van der Waals surface area contributed by atoms with E-state index in [0.29, 0.717) is 16.7 Å². The number of ether oxygens (including phenoxy) is 1. The lowest BCUT2D eigenvalue weighted by Gasteiger charge is -2.09. The van der Waals surface area contributed by atoms with E-state index >= 15 is 0 Å². The van der Waals surface area contributed by atoms with Gasteiger partial charge in [0.25, 0.3) is 0 Å². The van der Waals surface area contributed by atoms with Crippen LogP contribution in [-0.4, -0.2) is 22.6 Å². The van der Waals surface area contributed by atoms with Crippen LogP contribution in [0.1, 0.15) is 5.56 Å². The normalized spacial score (nSPS) is 11.4. The molecule has 0 radical (unpaired) electrons. The molecular weight excluding hydrogens is 534 g/mol. The molecule has 3 rings (SSSR count). The van der Waals surface area contributed by atoms with Gasteiger partial charge < -0.3 is 14.8 Å². The Balaban J connectivity index is 1.75. The SMILES string of the molecule is Cc1cc(Br)cc(Br)c1OCC(=O)N=Nc1c(O)[nH]c2ccc(Br)cc12. The summed E-state index contributed by atoms with van der Waals surface area (Å²) in [4.78, 5) is 14.8. The lowest BCUT2D eigenvalue weighted by Crippen LogP contribution is -2.09. The van der Waals surface area contributed by atoms with Crippen molar-refractivity contribution in [1.29, 1.82) is 0 Å². The Morgan fingerprint density at radius 3 is 2.69 bits per heavy atom. The number of hydrogen-bond donors (Lipinski definition) is 2. The molecule has 0 aliphatic heterocycles. The van der Waals surface area contributed by atoms with Crippen LogP contribution in [0.4, 0.5) is 5.69 Å². The highest BCUT2D eigenvalue weighted by atomic mass is 79.9. The van der Waals surface area contributed by atoms with Crippen LogP contribution in [0.15, 0.2) is 54.0 Å². The number of nitrogens with one attached hydrogen (secondary N) is 1. The molecule has 134 valence electrons. The number of aromatic hydroxyl groups is 1. The Morgan fingerprint density at radius 2 is 1.96 bits per heavy atom. The van der Waals surface area contributed by atoms with Crippen LogP contribution in [-0.2, 0) is 4.79 Å². The van der Waals surface area contributed by atoms with Gasteiger partial charge in [-0.25, -0.2) is 0 Å². The summed E-state index contributed by atoms with van der Waals surface area (Å²) in [6.07, 6.45) is 0. The van der Waals surface area contributed by atoms with Crippen molar-refractivity contribution in [1.82, 2.24) is 4.98 Å². The average Bonchev–Trinajstić information content (AvgIpc) is 2.86. The van der Waals surface area contributed by atoms with E-state index in [4.69, 9.17) is 4.74 Å². The lowest BCUT2D eigenvalue weighted by atomic mass is 10.2. The number of aromatic nitrogens is 1. The highest BCUT2D eigenvalue weighted by Crippen LogP contribution is 2.37. The number of halogens is 3. The Kier molecular flexibility index (Phi) is 5.79. The van der Waals surface area contributed by atoms with Gasteiger partial charge in [-0.3, -0.25) is 4.79 Å². The van der Waals surface area contributed by atoms with Crippen LogP contribution in [0.25, 0.3) is 10.9 Å². The standard InChI is InChI=1S/C17H12Br3N3O3/c1-8-4-10(19)6-12(20)16(8)26-7-14(24)22-23-15-11-5-9(18)2-3-13(11)21-17(15)25/h2-6,21,25H,7H2,1H3. The fourth-order valence-corrected chi connectivity index (χ4v) is 4.29. The number of H-pyrrole nitrogens is 1. The maximum Gasteiger partial charge on any atom is 0.302 e. The maximum atomic E-state index is 12.0. The van der Waals surface area contributed by atoms with Gasteiger partial charge in [0, 0.05) is 14.3 Å². The number of amides is 1. The van der Waals surface area contributed by atoms with Crippen LogP contribution in [0.3, 0.4) is 0 Å². The predicted molar refractivity (Wildman–Crippen MR) is 109 cm³/mol. The van der Waals surface area contributed by atoms with E-state index in [1.807, 2.05) is 25.1 Å². The Hall–Kier alpha value is -1.71. The first-order chi connectivity index (χ1) is 12.3. The average molecular weight is 546 g/mol. The fraction of sp³-hybridized carbons (Fsp3) is 0.118. The van der Waals surface area contributed by atoms with E-state index in [-0.39, 0.29) is 18.2 Å². The molecule has 0 bridgehead atoms. The summed E-state index contributed by atoms with van der Waals surface area (Å²) in [5.41, 5.74) is 1.77. The van der Waals surface area contributed by atoms with Gasteiger partial charge in [-0.15, -0.1) is 10.2 Å². The number of fused-ring (bicyclic) bond motifs is 1. The number of aromatic amines is 1. The van der Waals surface area contributed by atoms with Crippen molar-refractivity contribution < 1.29 is 14.6 Å². The molecule has 0 spiro atoms. The third-order valence-electron chi connectivity index (χ3n) is 3.51. The largest absolute Gasteiger partial charge is 0.493 e. The summed E-state index contributed by atoms with van der Waals surface area (Å²) in [6.45, 7) is 1.61.